The van der Waals surface area contributed by atoms with Gasteiger partial charge >= 0.3 is 5.97 Å². The fraction of sp³-hybridized carbons (Fsp3) is 0.571. The van der Waals surface area contributed by atoms with Crippen molar-refractivity contribution in [1.29, 1.82) is 0 Å². The maximum absolute atomic E-state index is 9.90. The highest BCUT2D eigenvalue weighted by molar-refractivity contribution is 5.79. The van der Waals surface area contributed by atoms with Gasteiger partial charge in [-0.1, -0.05) is 6.92 Å². The predicted octanol–water partition coefficient (Wildman–Crippen LogP) is 1.40. The second-order valence-corrected chi connectivity index (χ2v) is 2.00. The van der Waals surface area contributed by atoms with Crippen LogP contribution in [0.15, 0.2) is 12.3 Å². The molecule has 3 nitrogen and oxygen atoms in total. The summed E-state index contributed by atoms with van der Waals surface area (Å²) in [5.41, 5.74) is 0. The van der Waals surface area contributed by atoms with Gasteiger partial charge in [-0.3, -0.25) is 0 Å². The van der Waals surface area contributed by atoms with E-state index in [0.717, 1.165) is 12.5 Å². The van der Waals surface area contributed by atoms with Gasteiger partial charge in [0, 0.05) is 0 Å². The first-order valence-corrected chi connectivity index (χ1v) is 3.21. The van der Waals surface area contributed by atoms with Gasteiger partial charge < -0.3 is 9.84 Å². The van der Waals surface area contributed by atoms with Gasteiger partial charge in [-0.25, -0.2) is 4.79 Å². The van der Waals surface area contributed by atoms with E-state index in [2.05, 4.69) is 0 Å². The van der Waals surface area contributed by atoms with E-state index in [1.54, 1.807) is 0 Å². The quantitative estimate of drug-likeness (QED) is 0.479. The van der Waals surface area contributed by atoms with Gasteiger partial charge in [0.1, 0.15) is 0 Å². The predicted molar refractivity (Wildman–Crippen MR) is 37.6 cm³/mol. The molecule has 58 valence electrons. The lowest BCUT2D eigenvalue weighted by molar-refractivity contribution is -0.131. The SMILES string of the molecule is CCC(C)OC=CC(=O)O. The zero-order valence-corrected chi connectivity index (χ0v) is 6.20. The van der Waals surface area contributed by atoms with Crippen molar-refractivity contribution in [3.05, 3.63) is 12.3 Å². The normalized spacial score (nSPS) is 13.4. The average molecular weight is 144 g/mol. The number of carbonyl (C=O) groups is 1. The van der Waals surface area contributed by atoms with Crippen molar-refractivity contribution >= 4 is 5.97 Å². The first kappa shape index (κ1) is 9.01. The van der Waals surface area contributed by atoms with E-state index in [1.165, 1.54) is 6.26 Å². The van der Waals surface area contributed by atoms with Gasteiger partial charge in [0.05, 0.1) is 18.4 Å². The van der Waals surface area contributed by atoms with Crippen LogP contribution < -0.4 is 0 Å². The number of carboxylic acid groups (broad SMARTS) is 1. The Morgan fingerprint density at radius 2 is 2.40 bits per heavy atom. The topological polar surface area (TPSA) is 46.5 Å². The molecule has 0 aliphatic carbocycles. The van der Waals surface area contributed by atoms with Crippen LogP contribution >= 0.6 is 0 Å². The summed E-state index contributed by atoms with van der Waals surface area (Å²) in [7, 11) is 0. The summed E-state index contributed by atoms with van der Waals surface area (Å²) in [4.78, 5) is 9.90. The van der Waals surface area contributed by atoms with Crippen LogP contribution in [0.3, 0.4) is 0 Å². The molecular formula is C7H12O3. The molecule has 0 rings (SSSR count). The second kappa shape index (κ2) is 4.85. The molecule has 0 aromatic heterocycles. The molecule has 0 radical (unpaired) electrons. The van der Waals surface area contributed by atoms with E-state index in [1.807, 2.05) is 13.8 Å². The number of rotatable bonds is 4. The van der Waals surface area contributed by atoms with Crippen LogP contribution in [0.4, 0.5) is 0 Å². The molecule has 0 aromatic carbocycles. The summed E-state index contributed by atoms with van der Waals surface area (Å²) in [6.45, 7) is 3.85. The van der Waals surface area contributed by atoms with E-state index < -0.39 is 5.97 Å². The summed E-state index contributed by atoms with van der Waals surface area (Å²) >= 11 is 0. The van der Waals surface area contributed by atoms with Crippen LogP contribution in [0.1, 0.15) is 20.3 Å². The number of aliphatic carboxylic acids is 1. The molecule has 0 heterocycles. The molecular weight excluding hydrogens is 132 g/mol. The second-order valence-electron chi connectivity index (χ2n) is 2.00. The molecule has 0 amide bonds. The van der Waals surface area contributed by atoms with Crippen molar-refractivity contribution in [2.75, 3.05) is 0 Å². The average Bonchev–Trinajstić information content (AvgIpc) is 1.87. The lowest BCUT2D eigenvalue weighted by atomic mass is 10.3. The molecule has 1 atom stereocenters. The smallest absolute Gasteiger partial charge is 0.331 e. The molecule has 0 fully saturated rings. The maximum atomic E-state index is 9.90. The van der Waals surface area contributed by atoms with Crippen LogP contribution in [-0.4, -0.2) is 17.2 Å². The van der Waals surface area contributed by atoms with Crippen LogP contribution in [0.5, 0.6) is 0 Å². The minimum Gasteiger partial charge on any atom is -0.498 e. The molecule has 0 saturated heterocycles. The summed E-state index contributed by atoms with van der Waals surface area (Å²) in [5.74, 6) is -0.983. The van der Waals surface area contributed by atoms with Crippen molar-refractivity contribution in [2.45, 2.75) is 26.4 Å². The standard InChI is InChI=1S/C7H12O3/c1-3-6(2)10-5-4-7(8)9/h4-6H,3H2,1-2H3,(H,8,9). The summed E-state index contributed by atoms with van der Waals surface area (Å²) in [5, 5.41) is 8.13. The fourth-order valence-corrected chi connectivity index (χ4v) is 0.328. The van der Waals surface area contributed by atoms with E-state index >= 15 is 0 Å². The molecule has 0 aromatic rings. The fourth-order valence-electron chi connectivity index (χ4n) is 0.328. The van der Waals surface area contributed by atoms with Gasteiger partial charge in [0.15, 0.2) is 0 Å². The van der Waals surface area contributed by atoms with Gasteiger partial charge in [0.25, 0.3) is 0 Å². The van der Waals surface area contributed by atoms with E-state index in [4.69, 9.17) is 9.84 Å². The van der Waals surface area contributed by atoms with Crippen LogP contribution in [0.2, 0.25) is 0 Å². The Bertz CT molecular complexity index is 129. The highest BCUT2D eigenvalue weighted by Crippen LogP contribution is 1.95. The lowest BCUT2D eigenvalue weighted by Gasteiger charge is -2.05. The molecule has 10 heavy (non-hydrogen) atoms. The monoisotopic (exact) mass is 144 g/mol. The van der Waals surface area contributed by atoms with Gasteiger partial charge in [-0.2, -0.15) is 0 Å². The van der Waals surface area contributed by atoms with Crippen LogP contribution in [0, 0.1) is 0 Å². The van der Waals surface area contributed by atoms with Crippen molar-refractivity contribution in [3.8, 4) is 0 Å². The molecule has 1 unspecified atom stereocenters. The number of hydrogen-bond donors (Lipinski definition) is 1. The molecule has 0 saturated carbocycles. The zero-order valence-electron chi connectivity index (χ0n) is 6.20. The zero-order chi connectivity index (χ0) is 7.98. The first-order chi connectivity index (χ1) is 4.66. The Morgan fingerprint density at radius 3 is 2.80 bits per heavy atom. The molecule has 3 heteroatoms. The highest BCUT2D eigenvalue weighted by Gasteiger charge is 1.93. The highest BCUT2D eigenvalue weighted by atomic mass is 16.5. The summed E-state index contributed by atoms with van der Waals surface area (Å²) in [6.07, 6.45) is 3.16. The van der Waals surface area contributed by atoms with E-state index in [-0.39, 0.29) is 6.10 Å². The van der Waals surface area contributed by atoms with E-state index in [0.29, 0.717) is 0 Å². The summed E-state index contributed by atoms with van der Waals surface area (Å²) in [6, 6.07) is 0. The Morgan fingerprint density at radius 1 is 1.80 bits per heavy atom. The van der Waals surface area contributed by atoms with Crippen LogP contribution in [0.25, 0.3) is 0 Å². The van der Waals surface area contributed by atoms with Gasteiger partial charge in [-0.15, -0.1) is 0 Å². The van der Waals surface area contributed by atoms with Crippen molar-refractivity contribution in [2.24, 2.45) is 0 Å². The number of carboxylic acids is 1. The third kappa shape index (κ3) is 5.15. The lowest BCUT2D eigenvalue weighted by Crippen LogP contribution is -2.01. The molecule has 0 aliphatic heterocycles. The van der Waals surface area contributed by atoms with Crippen molar-refractivity contribution in [1.82, 2.24) is 0 Å². The minimum absolute atomic E-state index is 0.0931. The number of ether oxygens (including phenoxy) is 1. The first-order valence-electron chi connectivity index (χ1n) is 3.21. The van der Waals surface area contributed by atoms with Crippen molar-refractivity contribution in [3.63, 3.8) is 0 Å². The molecule has 0 aliphatic rings. The number of hydrogen-bond acceptors (Lipinski definition) is 2. The Labute approximate surface area is 60.3 Å². The molecule has 0 bridgehead atoms. The Balaban J connectivity index is 3.43. The third-order valence-electron chi connectivity index (χ3n) is 1.10. The van der Waals surface area contributed by atoms with Crippen molar-refractivity contribution < 1.29 is 14.6 Å². The molecule has 0 spiro atoms. The van der Waals surface area contributed by atoms with Gasteiger partial charge in [-0.05, 0) is 13.3 Å². The molecule has 1 N–H and O–H groups in total. The largest absolute Gasteiger partial charge is 0.498 e. The Kier molecular flexibility index (Phi) is 4.37. The third-order valence-corrected chi connectivity index (χ3v) is 1.10. The maximum Gasteiger partial charge on any atom is 0.331 e. The van der Waals surface area contributed by atoms with E-state index in [9.17, 15) is 4.79 Å². The van der Waals surface area contributed by atoms with Gasteiger partial charge in [0.2, 0.25) is 0 Å². The Hall–Kier alpha value is -0.990. The summed E-state index contributed by atoms with van der Waals surface area (Å²) < 4.78 is 4.94. The van der Waals surface area contributed by atoms with Crippen LogP contribution in [-0.2, 0) is 9.53 Å². The minimum atomic E-state index is -0.983.